The second-order valence-corrected chi connectivity index (χ2v) is 6.56. The SMILES string of the molecule is COc1ccc(NC(N)=NCC2CCn3ncc(C(N)=O)c3C2)cc1Cl. The number of aliphatic imine (C=N–C) groups is 1. The molecular weight excluding hydrogens is 356 g/mol. The van der Waals surface area contributed by atoms with Gasteiger partial charge in [-0.25, -0.2) is 0 Å². The summed E-state index contributed by atoms with van der Waals surface area (Å²) in [4.78, 5) is 15.9. The number of fused-ring (bicyclic) bond motifs is 1. The number of hydrogen-bond acceptors (Lipinski definition) is 4. The molecule has 0 fully saturated rings. The number of rotatable bonds is 5. The van der Waals surface area contributed by atoms with Crippen molar-refractivity contribution in [2.24, 2.45) is 22.4 Å². The molecule has 0 bridgehead atoms. The molecule has 3 rings (SSSR count). The highest BCUT2D eigenvalue weighted by molar-refractivity contribution is 6.32. The first-order valence-corrected chi connectivity index (χ1v) is 8.60. The normalized spacial score (nSPS) is 16.8. The zero-order valence-corrected chi connectivity index (χ0v) is 15.2. The van der Waals surface area contributed by atoms with Gasteiger partial charge in [0.25, 0.3) is 5.91 Å². The van der Waals surface area contributed by atoms with Gasteiger partial charge in [-0.05, 0) is 37.0 Å². The number of guanidine groups is 1. The van der Waals surface area contributed by atoms with E-state index < -0.39 is 5.91 Å². The number of nitrogens with one attached hydrogen (secondary N) is 1. The Labute approximate surface area is 156 Å². The molecule has 1 aromatic heterocycles. The van der Waals surface area contributed by atoms with Gasteiger partial charge in [-0.2, -0.15) is 5.10 Å². The quantitative estimate of drug-likeness (QED) is 0.541. The summed E-state index contributed by atoms with van der Waals surface area (Å²) in [6.07, 6.45) is 3.15. The van der Waals surface area contributed by atoms with Crippen LogP contribution < -0.4 is 21.5 Å². The lowest BCUT2D eigenvalue weighted by molar-refractivity contribution is 0.0998. The maximum absolute atomic E-state index is 11.5. The van der Waals surface area contributed by atoms with Gasteiger partial charge in [-0.3, -0.25) is 14.5 Å². The van der Waals surface area contributed by atoms with E-state index in [-0.39, 0.29) is 5.92 Å². The number of ether oxygens (including phenoxy) is 1. The molecule has 9 heteroatoms. The number of aromatic nitrogens is 2. The van der Waals surface area contributed by atoms with Crippen molar-refractivity contribution in [1.82, 2.24) is 9.78 Å². The molecule has 5 N–H and O–H groups in total. The highest BCUT2D eigenvalue weighted by atomic mass is 35.5. The Morgan fingerprint density at radius 1 is 1.50 bits per heavy atom. The molecule has 1 unspecified atom stereocenters. The number of carbonyl (C=O) groups excluding carboxylic acids is 1. The Morgan fingerprint density at radius 3 is 3.00 bits per heavy atom. The Balaban J connectivity index is 1.62. The van der Waals surface area contributed by atoms with Crippen LogP contribution in [0, 0.1) is 5.92 Å². The molecule has 1 aliphatic rings. The number of carbonyl (C=O) groups is 1. The van der Waals surface area contributed by atoms with Crippen molar-refractivity contribution in [2.75, 3.05) is 19.0 Å². The average molecular weight is 377 g/mol. The number of hydrogen-bond donors (Lipinski definition) is 3. The van der Waals surface area contributed by atoms with Crippen molar-refractivity contribution in [2.45, 2.75) is 19.4 Å². The lowest BCUT2D eigenvalue weighted by Gasteiger charge is -2.22. The number of nitrogens with two attached hydrogens (primary N) is 2. The van der Waals surface area contributed by atoms with E-state index in [2.05, 4.69) is 15.4 Å². The van der Waals surface area contributed by atoms with E-state index >= 15 is 0 Å². The molecule has 1 amide bonds. The second-order valence-electron chi connectivity index (χ2n) is 6.15. The summed E-state index contributed by atoms with van der Waals surface area (Å²) >= 11 is 6.10. The van der Waals surface area contributed by atoms with Crippen molar-refractivity contribution in [3.05, 3.63) is 40.7 Å². The lowest BCUT2D eigenvalue weighted by atomic mass is 9.94. The third kappa shape index (κ3) is 3.91. The average Bonchev–Trinajstić information content (AvgIpc) is 3.03. The summed E-state index contributed by atoms with van der Waals surface area (Å²) in [6, 6.07) is 5.29. The fourth-order valence-corrected chi connectivity index (χ4v) is 3.28. The minimum absolute atomic E-state index is 0.275. The van der Waals surface area contributed by atoms with Crippen LogP contribution in [0.2, 0.25) is 5.02 Å². The Kier molecular flexibility index (Phi) is 5.32. The molecule has 2 heterocycles. The molecule has 0 aliphatic carbocycles. The minimum Gasteiger partial charge on any atom is -0.495 e. The number of benzene rings is 1. The predicted octanol–water partition coefficient (Wildman–Crippen LogP) is 1.63. The molecule has 0 saturated carbocycles. The summed E-state index contributed by atoms with van der Waals surface area (Å²) in [5.41, 5.74) is 13.5. The Hall–Kier alpha value is -2.74. The highest BCUT2D eigenvalue weighted by Crippen LogP contribution is 2.27. The maximum atomic E-state index is 11.5. The minimum atomic E-state index is -0.451. The number of nitrogens with zero attached hydrogens (tertiary/aromatic N) is 3. The van der Waals surface area contributed by atoms with Gasteiger partial charge in [-0.15, -0.1) is 0 Å². The van der Waals surface area contributed by atoms with Crippen molar-refractivity contribution in [1.29, 1.82) is 0 Å². The van der Waals surface area contributed by atoms with Crippen LogP contribution in [-0.4, -0.2) is 35.3 Å². The van der Waals surface area contributed by atoms with Crippen LogP contribution >= 0.6 is 11.6 Å². The van der Waals surface area contributed by atoms with Crippen LogP contribution in [0.15, 0.2) is 29.4 Å². The molecule has 0 radical (unpaired) electrons. The summed E-state index contributed by atoms with van der Waals surface area (Å²) in [5, 5.41) is 7.71. The first-order valence-electron chi connectivity index (χ1n) is 8.23. The van der Waals surface area contributed by atoms with Gasteiger partial charge in [0.1, 0.15) is 5.75 Å². The zero-order valence-electron chi connectivity index (χ0n) is 14.4. The first-order chi connectivity index (χ1) is 12.5. The smallest absolute Gasteiger partial charge is 0.252 e. The summed E-state index contributed by atoms with van der Waals surface area (Å²) in [6.45, 7) is 1.29. The van der Waals surface area contributed by atoms with Crippen LogP contribution in [0.4, 0.5) is 5.69 Å². The van der Waals surface area contributed by atoms with Crippen molar-refractivity contribution in [3.63, 3.8) is 0 Å². The van der Waals surface area contributed by atoms with E-state index in [1.807, 2.05) is 10.7 Å². The first kappa shape index (κ1) is 18.1. The molecule has 0 saturated heterocycles. The lowest BCUT2D eigenvalue weighted by Crippen LogP contribution is -2.27. The highest BCUT2D eigenvalue weighted by Gasteiger charge is 2.24. The van der Waals surface area contributed by atoms with E-state index in [1.54, 1.807) is 19.2 Å². The number of methoxy groups -OCH3 is 1. The van der Waals surface area contributed by atoms with Gasteiger partial charge in [0, 0.05) is 18.8 Å². The van der Waals surface area contributed by atoms with Gasteiger partial charge in [0.2, 0.25) is 0 Å². The molecule has 8 nitrogen and oxygen atoms in total. The maximum Gasteiger partial charge on any atom is 0.252 e. The van der Waals surface area contributed by atoms with Gasteiger partial charge < -0.3 is 21.5 Å². The molecule has 138 valence electrons. The van der Waals surface area contributed by atoms with Crippen LogP contribution in [0.3, 0.4) is 0 Å². The fourth-order valence-electron chi connectivity index (χ4n) is 3.02. The summed E-state index contributed by atoms with van der Waals surface area (Å²) < 4.78 is 6.95. The molecule has 1 aliphatic heterocycles. The van der Waals surface area contributed by atoms with Gasteiger partial charge in [-0.1, -0.05) is 11.6 Å². The summed E-state index contributed by atoms with van der Waals surface area (Å²) in [5.74, 6) is 0.724. The third-order valence-corrected chi connectivity index (χ3v) is 4.68. The second kappa shape index (κ2) is 7.65. The van der Waals surface area contributed by atoms with Crippen molar-refractivity contribution in [3.8, 4) is 5.75 Å². The zero-order chi connectivity index (χ0) is 18.7. The van der Waals surface area contributed by atoms with Crippen molar-refractivity contribution < 1.29 is 9.53 Å². The number of primary amides is 1. The molecule has 26 heavy (non-hydrogen) atoms. The Morgan fingerprint density at radius 2 is 2.31 bits per heavy atom. The van der Waals surface area contributed by atoms with Gasteiger partial charge in [0.05, 0.1) is 29.6 Å². The predicted molar refractivity (Wildman–Crippen MR) is 101 cm³/mol. The van der Waals surface area contributed by atoms with E-state index in [1.165, 1.54) is 6.20 Å². The fraction of sp³-hybridized carbons (Fsp3) is 0.353. The number of anilines is 1. The van der Waals surface area contributed by atoms with E-state index in [9.17, 15) is 4.79 Å². The molecule has 1 aromatic carbocycles. The largest absolute Gasteiger partial charge is 0.495 e. The van der Waals surface area contributed by atoms with E-state index in [0.717, 1.165) is 24.3 Å². The van der Waals surface area contributed by atoms with Crippen LogP contribution in [0.1, 0.15) is 22.5 Å². The van der Waals surface area contributed by atoms with Crippen LogP contribution in [0.5, 0.6) is 5.75 Å². The molecule has 1 atom stereocenters. The molecule has 2 aromatic rings. The number of aryl methyl sites for hydroxylation is 1. The Bertz CT molecular complexity index is 848. The molecular formula is C17H21ClN6O2. The number of halogens is 1. The monoisotopic (exact) mass is 376 g/mol. The standard InChI is InChI=1S/C17H21ClN6O2/c1-26-15-3-2-11(7-13(15)18)23-17(20)21-8-10-4-5-24-14(6-10)12(9-22-24)16(19)25/h2-3,7,9-10H,4-6,8H2,1H3,(H2,19,25)(H3,20,21,23). The van der Waals surface area contributed by atoms with E-state index in [0.29, 0.717) is 35.3 Å². The summed E-state index contributed by atoms with van der Waals surface area (Å²) in [7, 11) is 1.56. The van der Waals surface area contributed by atoms with Gasteiger partial charge >= 0.3 is 0 Å². The topological polar surface area (TPSA) is 121 Å². The third-order valence-electron chi connectivity index (χ3n) is 4.39. The molecule has 0 spiro atoms. The van der Waals surface area contributed by atoms with Gasteiger partial charge in [0.15, 0.2) is 5.96 Å². The van der Waals surface area contributed by atoms with Crippen molar-refractivity contribution >= 4 is 29.2 Å². The van der Waals surface area contributed by atoms with Crippen LogP contribution in [-0.2, 0) is 13.0 Å². The van der Waals surface area contributed by atoms with E-state index in [4.69, 9.17) is 27.8 Å². The number of amides is 1. The van der Waals surface area contributed by atoms with Crippen LogP contribution in [0.25, 0.3) is 0 Å².